The van der Waals surface area contributed by atoms with Crippen molar-refractivity contribution >= 4 is 25.7 Å². The summed E-state index contributed by atoms with van der Waals surface area (Å²) in [4.78, 5) is 12.2. The molecule has 25 heavy (non-hydrogen) atoms. The van der Waals surface area contributed by atoms with Crippen LogP contribution in [0.1, 0.15) is 16.1 Å². The number of esters is 1. The van der Waals surface area contributed by atoms with Crippen LogP contribution in [0.3, 0.4) is 0 Å². The number of hydrogen-bond donors (Lipinski definition) is 0. The SMILES string of the molecule is Cc1cc(OC(=O)c2ccccc2)n(-c2cccc(S(=O)(=O)Cl)c2)n1. The van der Waals surface area contributed by atoms with E-state index in [9.17, 15) is 13.2 Å². The van der Waals surface area contributed by atoms with E-state index in [1.54, 1.807) is 49.4 Å². The van der Waals surface area contributed by atoms with E-state index < -0.39 is 15.0 Å². The molecule has 128 valence electrons. The Morgan fingerprint density at radius 2 is 1.80 bits per heavy atom. The van der Waals surface area contributed by atoms with Gasteiger partial charge in [0.1, 0.15) is 0 Å². The molecule has 0 bridgehead atoms. The number of nitrogens with zero attached hydrogens (tertiary/aromatic N) is 2. The first-order valence-corrected chi connectivity index (χ1v) is 9.54. The molecule has 0 aliphatic heterocycles. The zero-order valence-electron chi connectivity index (χ0n) is 13.1. The first-order chi connectivity index (χ1) is 11.8. The van der Waals surface area contributed by atoms with Crippen molar-refractivity contribution in [3.8, 4) is 11.6 Å². The minimum absolute atomic E-state index is 0.0693. The maximum Gasteiger partial charge on any atom is 0.344 e. The van der Waals surface area contributed by atoms with Gasteiger partial charge in [-0.15, -0.1) is 0 Å². The molecule has 0 spiro atoms. The number of halogens is 1. The van der Waals surface area contributed by atoms with E-state index in [2.05, 4.69) is 5.10 Å². The highest BCUT2D eigenvalue weighted by Gasteiger charge is 2.17. The number of hydrogen-bond acceptors (Lipinski definition) is 5. The molecule has 2 aromatic carbocycles. The third kappa shape index (κ3) is 3.89. The van der Waals surface area contributed by atoms with Gasteiger partial charge in [-0.2, -0.15) is 5.10 Å². The van der Waals surface area contributed by atoms with Crippen molar-refractivity contribution in [3.05, 3.63) is 71.9 Å². The lowest BCUT2D eigenvalue weighted by Gasteiger charge is -2.08. The number of aryl methyl sites for hydroxylation is 1. The summed E-state index contributed by atoms with van der Waals surface area (Å²) >= 11 is 0. The Balaban J connectivity index is 1.98. The van der Waals surface area contributed by atoms with Gasteiger partial charge in [-0.05, 0) is 37.3 Å². The first kappa shape index (κ1) is 17.2. The molecule has 1 heterocycles. The summed E-state index contributed by atoms with van der Waals surface area (Å²) in [5, 5.41) is 4.25. The molecular weight excluding hydrogens is 364 g/mol. The van der Waals surface area contributed by atoms with Crippen LogP contribution >= 0.6 is 10.7 Å². The van der Waals surface area contributed by atoms with Gasteiger partial charge >= 0.3 is 5.97 Å². The second-order valence-electron chi connectivity index (χ2n) is 5.23. The van der Waals surface area contributed by atoms with E-state index in [0.717, 1.165) is 0 Å². The minimum atomic E-state index is -3.88. The van der Waals surface area contributed by atoms with Crippen molar-refractivity contribution in [2.45, 2.75) is 11.8 Å². The Bertz CT molecular complexity index is 1030. The molecule has 0 N–H and O–H groups in total. The van der Waals surface area contributed by atoms with Crippen molar-refractivity contribution < 1.29 is 17.9 Å². The van der Waals surface area contributed by atoms with Gasteiger partial charge in [-0.1, -0.05) is 24.3 Å². The van der Waals surface area contributed by atoms with Crippen LogP contribution in [-0.4, -0.2) is 24.2 Å². The molecule has 0 aliphatic carbocycles. The lowest BCUT2D eigenvalue weighted by atomic mass is 10.2. The molecule has 0 unspecified atom stereocenters. The van der Waals surface area contributed by atoms with E-state index in [0.29, 0.717) is 16.9 Å². The molecule has 6 nitrogen and oxygen atoms in total. The second kappa shape index (κ2) is 6.70. The predicted octanol–water partition coefficient (Wildman–Crippen LogP) is 3.33. The molecule has 0 saturated heterocycles. The topological polar surface area (TPSA) is 78.3 Å². The van der Waals surface area contributed by atoms with Gasteiger partial charge in [0.05, 0.1) is 21.8 Å². The fourth-order valence-electron chi connectivity index (χ4n) is 2.23. The van der Waals surface area contributed by atoms with Crippen molar-refractivity contribution in [1.29, 1.82) is 0 Å². The summed E-state index contributed by atoms with van der Waals surface area (Å²) in [6.45, 7) is 1.73. The van der Waals surface area contributed by atoms with Gasteiger partial charge in [0.25, 0.3) is 9.05 Å². The van der Waals surface area contributed by atoms with Crippen molar-refractivity contribution in [2.24, 2.45) is 0 Å². The molecule has 8 heteroatoms. The molecule has 0 aliphatic rings. The van der Waals surface area contributed by atoms with Crippen LogP contribution in [-0.2, 0) is 9.05 Å². The highest BCUT2D eigenvalue weighted by molar-refractivity contribution is 8.13. The molecule has 0 atom stereocenters. The van der Waals surface area contributed by atoms with Gasteiger partial charge in [-0.3, -0.25) is 0 Å². The minimum Gasteiger partial charge on any atom is -0.404 e. The Labute approximate surface area is 149 Å². The highest BCUT2D eigenvalue weighted by atomic mass is 35.7. The summed E-state index contributed by atoms with van der Waals surface area (Å²) < 4.78 is 29.8. The standard InChI is InChI=1S/C17H13ClN2O4S/c1-12-10-16(24-17(21)13-6-3-2-4-7-13)20(19-12)14-8-5-9-15(11-14)25(18,22)23/h2-11H,1H3. The van der Waals surface area contributed by atoms with Crippen LogP contribution in [0.4, 0.5) is 0 Å². The average molecular weight is 377 g/mol. The molecule has 3 rings (SSSR count). The quantitative estimate of drug-likeness (QED) is 0.515. The van der Waals surface area contributed by atoms with Gasteiger partial charge in [0, 0.05) is 16.7 Å². The third-order valence-corrected chi connectivity index (χ3v) is 4.70. The zero-order valence-corrected chi connectivity index (χ0v) is 14.7. The predicted molar refractivity (Wildman–Crippen MR) is 92.7 cm³/mol. The lowest BCUT2D eigenvalue weighted by Crippen LogP contribution is -2.11. The summed E-state index contributed by atoms with van der Waals surface area (Å²) in [5.41, 5.74) is 1.41. The van der Waals surface area contributed by atoms with Crippen LogP contribution in [0.2, 0.25) is 0 Å². The maximum atomic E-state index is 12.3. The monoisotopic (exact) mass is 376 g/mol. The molecule has 3 aromatic rings. The van der Waals surface area contributed by atoms with Gasteiger partial charge in [0.2, 0.25) is 5.88 Å². The zero-order chi connectivity index (χ0) is 18.0. The Morgan fingerprint density at radius 3 is 2.48 bits per heavy atom. The smallest absolute Gasteiger partial charge is 0.344 e. The van der Waals surface area contributed by atoms with Crippen LogP contribution in [0.5, 0.6) is 5.88 Å². The maximum absolute atomic E-state index is 12.3. The fraction of sp³-hybridized carbons (Fsp3) is 0.0588. The molecular formula is C17H13ClN2O4S. The van der Waals surface area contributed by atoms with E-state index in [1.807, 2.05) is 0 Å². The van der Waals surface area contributed by atoms with E-state index in [1.165, 1.54) is 22.9 Å². The summed E-state index contributed by atoms with van der Waals surface area (Å²) in [6.07, 6.45) is 0. The van der Waals surface area contributed by atoms with Crippen LogP contribution in [0.25, 0.3) is 5.69 Å². The number of carbonyl (C=O) groups is 1. The number of aromatic nitrogens is 2. The first-order valence-electron chi connectivity index (χ1n) is 7.23. The average Bonchev–Trinajstić information content (AvgIpc) is 2.95. The molecule has 0 fully saturated rings. The van der Waals surface area contributed by atoms with E-state index in [4.69, 9.17) is 15.4 Å². The number of benzene rings is 2. The van der Waals surface area contributed by atoms with E-state index >= 15 is 0 Å². The number of rotatable bonds is 4. The van der Waals surface area contributed by atoms with Crippen LogP contribution in [0.15, 0.2) is 65.6 Å². The van der Waals surface area contributed by atoms with Crippen LogP contribution < -0.4 is 4.74 Å². The normalized spacial score (nSPS) is 11.3. The van der Waals surface area contributed by atoms with Crippen molar-refractivity contribution in [2.75, 3.05) is 0 Å². The summed E-state index contributed by atoms with van der Waals surface area (Å²) in [7, 11) is 1.50. The van der Waals surface area contributed by atoms with Gasteiger partial charge < -0.3 is 4.74 Å². The van der Waals surface area contributed by atoms with Gasteiger partial charge in [-0.25, -0.2) is 17.9 Å². The Kier molecular flexibility index (Phi) is 4.61. The molecule has 1 aromatic heterocycles. The van der Waals surface area contributed by atoms with Crippen molar-refractivity contribution in [1.82, 2.24) is 9.78 Å². The third-order valence-electron chi connectivity index (χ3n) is 3.35. The fourth-order valence-corrected chi connectivity index (χ4v) is 3.02. The Morgan fingerprint density at radius 1 is 1.08 bits per heavy atom. The molecule has 0 radical (unpaired) electrons. The second-order valence-corrected chi connectivity index (χ2v) is 7.79. The molecule has 0 saturated carbocycles. The van der Waals surface area contributed by atoms with Crippen LogP contribution in [0, 0.1) is 6.92 Å². The summed E-state index contributed by atoms with van der Waals surface area (Å²) in [5.74, 6) is -0.363. The Hall–Kier alpha value is -2.64. The van der Waals surface area contributed by atoms with Crippen molar-refractivity contribution in [3.63, 3.8) is 0 Å². The largest absolute Gasteiger partial charge is 0.404 e. The highest BCUT2D eigenvalue weighted by Crippen LogP contribution is 2.24. The summed E-state index contributed by atoms with van der Waals surface area (Å²) in [6, 6.07) is 16.0. The van der Waals surface area contributed by atoms with Gasteiger partial charge in [0.15, 0.2) is 0 Å². The number of carbonyl (C=O) groups excluding carboxylic acids is 1. The molecule has 0 amide bonds. The number of ether oxygens (including phenoxy) is 1. The lowest BCUT2D eigenvalue weighted by molar-refractivity contribution is 0.0723. The van der Waals surface area contributed by atoms with E-state index in [-0.39, 0.29) is 10.8 Å².